The molecule has 0 aromatic rings. The van der Waals surface area contributed by atoms with Crippen molar-refractivity contribution in [2.24, 2.45) is 50.2 Å². The number of carbonyl (C=O) groups excluding carboxylic acids is 1. The predicted octanol–water partition coefficient (Wildman–Crippen LogP) is 5.38. The van der Waals surface area contributed by atoms with E-state index < -0.39 is 34.4 Å². The molecule has 0 unspecified atom stereocenters. The van der Waals surface area contributed by atoms with Crippen LogP contribution in [0.1, 0.15) is 99.8 Å². The highest BCUT2D eigenvalue weighted by molar-refractivity contribution is 5.96. The molecule has 0 amide bonds. The summed E-state index contributed by atoms with van der Waals surface area (Å²) in [4.78, 5) is 27.0. The molecule has 5 aliphatic rings. The summed E-state index contributed by atoms with van der Waals surface area (Å²) in [5.41, 5.74) is -1.05. The van der Waals surface area contributed by atoms with Crippen molar-refractivity contribution in [3.63, 3.8) is 0 Å². The lowest BCUT2D eigenvalue weighted by molar-refractivity contribution is -0.227. The predicted molar refractivity (Wildman–Crippen MR) is 134 cm³/mol. The van der Waals surface area contributed by atoms with Crippen LogP contribution in [0.3, 0.4) is 0 Å². The molecule has 0 aromatic heterocycles. The van der Waals surface area contributed by atoms with Crippen molar-refractivity contribution in [1.29, 1.82) is 0 Å². The molecule has 5 rings (SSSR count). The summed E-state index contributed by atoms with van der Waals surface area (Å²) < 4.78 is 0. The third-order valence-electron chi connectivity index (χ3n) is 12.7. The standard InChI is InChI=1S/C30H46O5/c1-25(2)10-12-30(24(34)35)13-11-28(6)17(18(30)15-25)14-19(31)22-27(5)16-20(32)23(33)26(3,4)21(27)8-9-29(22,28)7/h14,18,20-23,32-33H,8-13,15-16H2,1-7H3,(H,34,35)/t18-,20+,21-,22+,23-,27-,28+,29+,30-/m0/s1. The van der Waals surface area contributed by atoms with E-state index in [1.807, 2.05) is 19.9 Å². The molecular weight excluding hydrogens is 440 g/mol. The molecule has 0 saturated heterocycles. The van der Waals surface area contributed by atoms with Crippen molar-refractivity contribution in [3.05, 3.63) is 11.6 Å². The molecule has 5 nitrogen and oxygen atoms in total. The number of allylic oxidation sites excluding steroid dienone is 2. The number of aliphatic hydroxyl groups is 2. The number of carboxylic acids is 1. The van der Waals surface area contributed by atoms with Gasteiger partial charge in [-0.25, -0.2) is 0 Å². The summed E-state index contributed by atoms with van der Waals surface area (Å²) in [6.45, 7) is 15.4. The maximum Gasteiger partial charge on any atom is 0.310 e. The third-order valence-corrected chi connectivity index (χ3v) is 12.7. The lowest BCUT2D eigenvalue weighted by Gasteiger charge is -2.70. The lowest BCUT2D eigenvalue weighted by atomic mass is 9.33. The molecule has 0 radical (unpaired) electrons. The first-order valence-electron chi connectivity index (χ1n) is 13.8. The van der Waals surface area contributed by atoms with Gasteiger partial charge in [0.05, 0.1) is 17.6 Å². The maximum absolute atomic E-state index is 14.2. The number of aliphatic hydroxyl groups excluding tert-OH is 2. The molecule has 5 heteroatoms. The van der Waals surface area contributed by atoms with Gasteiger partial charge in [-0.1, -0.05) is 54.0 Å². The van der Waals surface area contributed by atoms with Crippen LogP contribution in [0.15, 0.2) is 11.6 Å². The Morgan fingerprint density at radius 3 is 2.17 bits per heavy atom. The highest BCUT2D eigenvalue weighted by Gasteiger charge is 2.71. The Bertz CT molecular complexity index is 995. The summed E-state index contributed by atoms with van der Waals surface area (Å²) in [5, 5.41) is 32.3. The zero-order valence-electron chi connectivity index (χ0n) is 22.8. The van der Waals surface area contributed by atoms with E-state index >= 15 is 0 Å². The van der Waals surface area contributed by atoms with Crippen molar-refractivity contribution in [3.8, 4) is 0 Å². The molecule has 0 spiro atoms. The van der Waals surface area contributed by atoms with Crippen molar-refractivity contribution >= 4 is 11.8 Å². The second-order valence-corrected chi connectivity index (χ2v) is 15.2. The summed E-state index contributed by atoms with van der Waals surface area (Å²) in [5.74, 6) is -0.772. The number of carbonyl (C=O) groups is 2. The van der Waals surface area contributed by atoms with Crippen LogP contribution in [-0.2, 0) is 9.59 Å². The van der Waals surface area contributed by atoms with Crippen molar-refractivity contribution in [2.75, 3.05) is 0 Å². The highest BCUT2D eigenvalue weighted by atomic mass is 16.4. The molecule has 0 heterocycles. The fraction of sp³-hybridized carbons (Fsp3) is 0.867. The van der Waals surface area contributed by atoms with E-state index in [1.165, 1.54) is 0 Å². The van der Waals surface area contributed by atoms with Gasteiger partial charge in [-0.15, -0.1) is 0 Å². The number of aliphatic carboxylic acids is 1. The molecule has 3 N–H and O–H groups in total. The van der Waals surface area contributed by atoms with E-state index in [9.17, 15) is 24.9 Å². The van der Waals surface area contributed by atoms with E-state index in [2.05, 4.69) is 34.6 Å². The van der Waals surface area contributed by atoms with Gasteiger partial charge in [0.25, 0.3) is 0 Å². The lowest BCUT2D eigenvalue weighted by Crippen LogP contribution is -2.68. The van der Waals surface area contributed by atoms with Crippen LogP contribution >= 0.6 is 0 Å². The van der Waals surface area contributed by atoms with Crippen LogP contribution in [0.2, 0.25) is 0 Å². The minimum Gasteiger partial charge on any atom is -0.481 e. The van der Waals surface area contributed by atoms with Gasteiger partial charge in [0, 0.05) is 5.92 Å². The van der Waals surface area contributed by atoms with E-state index in [4.69, 9.17) is 0 Å². The van der Waals surface area contributed by atoms with Gasteiger partial charge in [-0.2, -0.15) is 0 Å². The van der Waals surface area contributed by atoms with Crippen LogP contribution in [0, 0.1) is 50.2 Å². The highest BCUT2D eigenvalue weighted by Crippen LogP contribution is 2.75. The van der Waals surface area contributed by atoms with Crippen molar-refractivity contribution in [1.82, 2.24) is 0 Å². The van der Waals surface area contributed by atoms with Gasteiger partial charge in [0.15, 0.2) is 5.78 Å². The van der Waals surface area contributed by atoms with E-state index in [0.717, 1.165) is 37.7 Å². The molecule has 4 fully saturated rings. The fourth-order valence-corrected chi connectivity index (χ4v) is 10.6. The molecule has 0 aromatic carbocycles. The second-order valence-electron chi connectivity index (χ2n) is 15.2. The van der Waals surface area contributed by atoms with E-state index in [0.29, 0.717) is 19.3 Å². The van der Waals surface area contributed by atoms with E-state index in [-0.39, 0.29) is 39.8 Å². The van der Waals surface area contributed by atoms with Gasteiger partial charge in [-0.3, -0.25) is 9.59 Å². The second kappa shape index (κ2) is 7.22. The van der Waals surface area contributed by atoms with Crippen LogP contribution < -0.4 is 0 Å². The molecular formula is C30H46O5. The summed E-state index contributed by atoms with van der Waals surface area (Å²) in [6, 6.07) is 0. The average molecular weight is 487 g/mol. The summed E-state index contributed by atoms with van der Waals surface area (Å²) >= 11 is 0. The number of fused-ring (bicyclic) bond motifs is 7. The van der Waals surface area contributed by atoms with Gasteiger partial charge in [0.2, 0.25) is 0 Å². The van der Waals surface area contributed by atoms with Crippen molar-refractivity contribution in [2.45, 2.75) is 112 Å². The molecule has 0 bridgehead atoms. The topological polar surface area (TPSA) is 94.8 Å². The average Bonchev–Trinajstić information content (AvgIpc) is 2.72. The van der Waals surface area contributed by atoms with Crippen LogP contribution in [-0.4, -0.2) is 39.3 Å². The van der Waals surface area contributed by atoms with Crippen molar-refractivity contribution < 1.29 is 24.9 Å². The number of carboxylic acid groups (broad SMARTS) is 1. The molecule has 5 aliphatic carbocycles. The summed E-state index contributed by atoms with van der Waals surface area (Å²) in [6.07, 6.45) is 6.34. The Morgan fingerprint density at radius 2 is 1.54 bits per heavy atom. The SMILES string of the molecule is CC1(C)CC[C@]2(C(=O)O)CC[C@]3(C)C(=CC(=O)[C@@H]4[C@@]5(C)C[C@@H](O)[C@H](O)C(C)(C)[C@@H]5CC[C@]43C)[C@@H]2C1. The quantitative estimate of drug-likeness (QED) is 0.462. The number of hydrogen-bond acceptors (Lipinski definition) is 4. The Kier molecular flexibility index (Phi) is 5.25. The Balaban J connectivity index is 1.66. The van der Waals surface area contributed by atoms with Crippen LogP contribution in [0.4, 0.5) is 0 Å². The van der Waals surface area contributed by atoms with Gasteiger partial charge < -0.3 is 15.3 Å². The number of rotatable bonds is 1. The minimum atomic E-state index is -0.843. The molecule has 0 aliphatic heterocycles. The molecule has 196 valence electrons. The number of hydrogen-bond donors (Lipinski definition) is 3. The first-order valence-corrected chi connectivity index (χ1v) is 13.8. The number of ketones is 1. The first-order chi connectivity index (χ1) is 16.0. The largest absolute Gasteiger partial charge is 0.481 e. The third kappa shape index (κ3) is 3.00. The van der Waals surface area contributed by atoms with Gasteiger partial charge >= 0.3 is 5.97 Å². The maximum atomic E-state index is 14.2. The summed E-state index contributed by atoms with van der Waals surface area (Å²) in [7, 11) is 0. The van der Waals surface area contributed by atoms with Crippen LogP contribution in [0.25, 0.3) is 0 Å². The smallest absolute Gasteiger partial charge is 0.310 e. The van der Waals surface area contributed by atoms with E-state index in [1.54, 1.807) is 0 Å². The van der Waals surface area contributed by atoms with Crippen LogP contribution in [0.5, 0.6) is 0 Å². The Labute approximate surface area is 210 Å². The van der Waals surface area contributed by atoms with Gasteiger partial charge in [-0.05, 0) is 96.4 Å². The Morgan fingerprint density at radius 1 is 0.914 bits per heavy atom. The fourth-order valence-electron chi connectivity index (χ4n) is 10.6. The minimum absolute atomic E-state index is 0.0563. The molecule has 9 atom stereocenters. The van der Waals surface area contributed by atoms with Gasteiger partial charge in [0.1, 0.15) is 0 Å². The zero-order chi connectivity index (χ0) is 26.0. The molecule has 4 saturated carbocycles. The normalized spacial score (nSPS) is 52.3. The molecule has 35 heavy (non-hydrogen) atoms. The first kappa shape index (κ1) is 25.4. The Hall–Kier alpha value is -1.20. The zero-order valence-corrected chi connectivity index (χ0v) is 22.8. The monoisotopic (exact) mass is 486 g/mol.